The van der Waals surface area contributed by atoms with Crippen molar-refractivity contribution in [2.75, 3.05) is 26.2 Å². The van der Waals surface area contributed by atoms with Gasteiger partial charge in [-0.1, -0.05) is 30.3 Å². The summed E-state index contributed by atoms with van der Waals surface area (Å²) in [6, 6.07) is 14.8. The van der Waals surface area contributed by atoms with E-state index in [2.05, 4.69) is 10.3 Å². The highest BCUT2D eigenvalue weighted by Crippen LogP contribution is 2.32. The van der Waals surface area contributed by atoms with Crippen molar-refractivity contribution in [1.82, 2.24) is 15.2 Å². The number of aryl methyl sites for hydroxylation is 1. The van der Waals surface area contributed by atoms with Crippen LogP contribution in [0.4, 0.5) is 4.39 Å². The van der Waals surface area contributed by atoms with Gasteiger partial charge in [-0.3, -0.25) is 4.79 Å². The van der Waals surface area contributed by atoms with Crippen molar-refractivity contribution in [3.05, 3.63) is 59.9 Å². The number of rotatable bonds is 4. The highest BCUT2D eigenvalue weighted by Gasteiger charge is 2.19. The lowest BCUT2D eigenvalue weighted by molar-refractivity contribution is -0.131. The van der Waals surface area contributed by atoms with E-state index in [0.29, 0.717) is 12.8 Å². The first-order valence-electron chi connectivity index (χ1n) is 9.06. The topological polar surface area (TPSA) is 48.1 Å². The van der Waals surface area contributed by atoms with Gasteiger partial charge in [0.05, 0.1) is 0 Å². The van der Waals surface area contributed by atoms with Crippen LogP contribution >= 0.6 is 12.4 Å². The first-order valence-corrected chi connectivity index (χ1v) is 9.06. The number of carbonyl (C=O) groups is 1. The fourth-order valence-corrected chi connectivity index (χ4v) is 3.64. The predicted molar refractivity (Wildman–Crippen MR) is 109 cm³/mol. The molecule has 2 N–H and O–H groups in total. The van der Waals surface area contributed by atoms with Gasteiger partial charge in [0.15, 0.2) is 0 Å². The number of hydrogen-bond donors (Lipinski definition) is 2. The fraction of sp³-hybridized carbons (Fsp3) is 0.286. The highest BCUT2D eigenvalue weighted by atomic mass is 35.5. The van der Waals surface area contributed by atoms with Gasteiger partial charge in [0, 0.05) is 49.2 Å². The molecule has 0 saturated carbocycles. The van der Waals surface area contributed by atoms with E-state index in [-0.39, 0.29) is 24.1 Å². The molecule has 1 aromatic heterocycles. The maximum Gasteiger partial charge on any atom is 0.222 e. The van der Waals surface area contributed by atoms with Gasteiger partial charge < -0.3 is 15.2 Å². The number of piperazine rings is 1. The van der Waals surface area contributed by atoms with Crippen LogP contribution in [0.15, 0.2) is 48.5 Å². The van der Waals surface area contributed by atoms with E-state index in [0.717, 1.165) is 53.9 Å². The molecule has 4 rings (SSSR count). The van der Waals surface area contributed by atoms with Crippen LogP contribution in [0.3, 0.4) is 0 Å². The molecule has 2 aromatic carbocycles. The molecular weight excluding hydrogens is 365 g/mol. The third-order valence-electron chi connectivity index (χ3n) is 4.99. The number of nitrogens with zero attached hydrogens (tertiary/aromatic N) is 1. The van der Waals surface area contributed by atoms with Crippen molar-refractivity contribution >= 4 is 29.2 Å². The molecule has 0 spiro atoms. The number of hydrogen-bond acceptors (Lipinski definition) is 2. The summed E-state index contributed by atoms with van der Waals surface area (Å²) in [5, 5.41) is 4.12. The minimum atomic E-state index is -0.259. The molecule has 142 valence electrons. The Kier molecular flexibility index (Phi) is 6.14. The standard InChI is InChI=1S/C21H22FN3O.ClH/c22-16-6-8-19-18(14-16)17(21(24-19)15-4-2-1-3-5-15)7-9-20(26)25-12-10-23-11-13-25;/h1-6,8,14,23-24H,7,9-13H2;1H. The zero-order valence-corrected chi connectivity index (χ0v) is 15.8. The van der Waals surface area contributed by atoms with Gasteiger partial charge in [0.25, 0.3) is 0 Å². The Morgan fingerprint density at radius 3 is 2.56 bits per heavy atom. The molecule has 1 amide bonds. The van der Waals surface area contributed by atoms with E-state index in [1.807, 2.05) is 35.2 Å². The van der Waals surface area contributed by atoms with E-state index in [4.69, 9.17) is 0 Å². The summed E-state index contributed by atoms with van der Waals surface area (Å²) in [5.74, 6) is -0.0953. The summed E-state index contributed by atoms with van der Waals surface area (Å²) in [6.07, 6.45) is 1.03. The number of nitrogens with one attached hydrogen (secondary N) is 2. The summed E-state index contributed by atoms with van der Waals surface area (Å²) in [6.45, 7) is 3.21. The van der Waals surface area contributed by atoms with Crippen LogP contribution < -0.4 is 5.32 Å². The van der Waals surface area contributed by atoms with E-state index < -0.39 is 0 Å². The van der Waals surface area contributed by atoms with E-state index in [1.54, 1.807) is 12.1 Å². The number of H-pyrrole nitrogens is 1. The third-order valence-corrected chi connectivity index (χ3v) is 4.99. The van der Waals surface area contributed by atoms with Crippen molar-refractivity contribution in [2.24, 2.45) is 0 Å². The predicted octanol–water partition coefficient (Wildman–Crippen LogP) is 3.76. The second kappa shape index (κ2) is 8.55. The molecule has 0 unspecified atom stereocenters. The van der Waals surface area contributed by atoms with Gasteiger partial charge in [-0.25, -0.2) is 4.39 Å². The van der Waals surface area contributed by atoms with E-state index in [9.17, 15) is 9.18 Å². The molecule has 0 radical (unpaired) electrons. The smallest absolute Gasteiger partial charge is 0.222 e. The van der Waals surface area contributed by atoms with Crippen molar-refractivity contribution in [3.63, 3.8) is 0 Å². The molecule has 0 aliphatic carbocycles. The van der Waals surface area contributed by atoms with Gasteiger partial charge in [-0.05, 0) is 35.7 Å². The molecule has 3 aromatic rings. The number of benzene rings is 2. The largest absolute Gasteiger partial charge is 0.354 e. The quantitative estimate of drug-likeness (QED) is 0.716. The monoisotopic (exact) mass is 387 g/mol. The number of fused-ring (bicyclic) bond motifs is 1. The first-order chi connectivity index (χ1) is 12.7. The highest BCUT2D eigenvalue weighted by molar-refractivity contribution is 5.91. The van der Waals surface area contributed by atoms with Crippen LogP contribution in [0, 0.1) is 5.82 Å². The van der Waals surface area contributed by atoms with Gasteiger partial charge in [-0.15, -0.1) is 12.4 Å². The van der Waals surface area contributed by atoms with Crippen molar-refractivity contribution in [1.29, 1.82) is 0 Å². The molecule has 2 heterocycles. The van der Waals surface area contributed by atoms with Crippen LogP contribution in [0.5, 0.6) is 0 Å². The van der Waals surface area contributed by atoms with Gasteiger partial charge in [-0.2, -0.15) is 0 Å². The van der Waals surface area contributed by atoms with Gasteiger partial charge in [0.1, 0.15) is 5.82 Å². The Hall–Kier alpha value is -2.37. The van der Waals surface area contributed by atoms with Crippen LogP contribution in [-0.2, 0) is 11.2 Å². The molecule has 1 aliphatic heterocycles. The molecule has 1 saturated heterocycles. The van der Waals surface area contributed by atoms with Crippen molar-refractivity contribution in [3.8, 4) is 11.3 Å². The van der Waals surface area contributed by atoms with Crippen LogP contribution in [-0.4, -0.2) is 42.0 Å². The van der Waals surface area contributed by atoms with Gasteiger partial charge >= 0.3 is 0 Å². The number of amides is 1. The molecule has 4 nitrogen and oxygen atoms in total. The molecule has 0 bridgehead atoms. The number of aromatic amines is 1. The maximum absolute atomic E-state index is 13.8. The SMILES string of the molecule is Cl.O=C(CCc1c(-c2ccccc2)[nH]c2ccc(F)cc12)N1CCNCC1. The Labute approximate surface area is 164 Å². The van der Waals surface area contributed by atoms with E-state index in [1.165, 1.54) is 6.07 Å². The molecule has 27 heavy (non-hydrogen) atoms. The van der Waals surface area contributed by atoms with Crippen molar-refractivity contribution in [2.45, 2.75) is 12.8 Å². The minimum Gasteiger partial charge on any atom is -0.354 e. The molecule has 0 atom stereocenters. The molecule has 1 fully saturated rings. The lowest BCUT2D eigenvalue weighted by Crippen LogP contribution is -2.46. The van der Waals surface area contributed by atoms with Crippen LogP contribution in [0.25, 0.3) is 22.2 Å². The minimum absolute atomic E-state index is 0. The molecule has 6 heteroatoms. The lowest BCUT2D eigenvalue weighted by Gasteiger charge is -2.27. The fourth-order valence-electron chi connectivity index (χ4n) is 3.64. The first kappa shape index (κ1) is 19.4. The molecular formula is C21H23ClFN3O. The molecule has 1 aliphatic rings. The van der Waals surface area contributed by atoms with Crippen LogP contribution in [0.1, 0.15) is 12.0 Å². The van der Waals surface area contributed by atoms with Crippen molar-refractivity contribution < 1.29 is 9.18 Å². The van der Waals surface area contributed by atoms with Crippen LogP contribution in [0.2, 0.25) is 0 Å². The Morgan fingerprint density at radius 1 is 1.07 bits per heavy atom. The van der Waals surface area contributed by atoms with E-state index >= 15 is 0 Å². The number of carbonyl (C=O) groups excluding carboxylic acids is 1. The normalized spacial score (nSPS) is 14.2. The zero-order chi connectivity index (χ0) is 17.9. The average molecular weight is 388 g/mol. The average Bonchev–Trinajstić information content (AvgIpc) is 3.05. The lowest BCUT2D eigenvalue weighted by atomic mass is 10.0. The second-order valence-electron chi connectivity index (χ2n) is 6.67. The number of aromatic nitrogens is 1. The Bertz CT molecular complexity index is 920. The second-order valence-corrected chi connectivity index (χ2v) is 6.67. The number of halogens is 2. The summed E-state index contributed by atoms with van der Waals surface area (Å²) in [5.41, 5.74) is 3.93. The zero-order valence-electron chi connectivity index (χ0n) is 15.0. The Morgan fingerprint density at radius 2 is 1.81 bits per heavy atom. The summed E-state index contributed by atoms with van der Waals surface area (Å²) < 4.78 is 13.8. The third kappa shape index (κ3) is 4.15. The maximum atomic E-state index is 13.8. The van der Waals surface area contributed by atoms with Gasteiger partial charge in [0.2, 0.25) is 5.91 Å². The summed E-state index contributed by atoms with van der Waals surface area (Å²) in [7, 11) is 0. The summed E-state index contributed by atoms with van der Waals surface area (Å²) >= 11 is 0. The summed E-state index contributed by atoms with van der Waals surface area (Å²) in [4.78, 5) is 17.9. The Balaban J connectivity index is 0.00000210.